The van der Waals surface area contributed by atoms with Gasteiger partial charge in [-0.15, -0.1) is 0 Å². The van der Waals surface area contributed by atoms with Crippen molar-refractivity contribution in [1.82, 2.24) is 10.3 Å². The predicted octanol–water partition coefficient (Wildman–Crippen LogP) is 2.78. The van der Waals surface area contributed by atoms with Crippen molar-refractivity contribution >= 4 is 21.9 Å². The molecule has 0 amide bonds. The van der Waals surface area contributed by atoms with Gasteiger partial charge in [0.2, 0.25) is 0 Å². The number of esters is 1. The van der Waals surface area contributed by atoms with E-state index in [9.17, 15) is 4.79 Å². The Labute approximate surface area is 145 Å². The molecule has 1 aromatic heterocycles. The van der Waals surface area contributed by atoms with Crippen LogP contribution in [0.2, 0.25) is 0 Å². The molecule has 1 spiro atoms. The van der Waals surface area contributed by atoms with Crippen molar-refractivity contribution in [2.45, 2.75) is 37.7 Å². The molecule has 2 aliphatic rings. The maximum atomic E-state index is 11.6. The van der Waals surface area contributed by atoms with Gasteiger partial charge in [0, 0.05) is 18.3 Å². The summed E-state index contributed by atoms with van der Waals surface area (Å²) in [6.45, 7) is 2.19. The van der Waals surface area contributed by atoms with Gasteiger partial charge in [-0.1, -0.05) is 6.07 Å². The summed E-state index contributed by atoms with van der Waals surface area (Å²) in [4.78, 5) is 15.9. The lowest BCUT2D eigenvalue weighted by molar-refractivity contribution is -0.159. The highest BCUT2D eigenvalue weighted by Gasteiger charge is 2.46. The molecule has 126 valence electrons. The standard InChI is InChI=1S/C17H23BrN2O3/c1-22-15(21)11-23-17(13-2-3-14(18)20-10-13)6-4-16(5-7-17)8-9-19-12-16/h2-3,10,19H,4-9,11-12H2,1H3. The Morgan fingerprint density at radius 3 is 2.65 bits per heavy atom. The number of hydrogen-bond acceptors (Lipinski definition) is 5. The summed E-state index contributed by atoms with van der Waals surface area (Å²) in [6, 6.07) is 3.97. The molecular weight excluding hydrogens is 360 g/mol. The molecule has 0 aromatic carbocycles. The van der Waals surface area contributed by atoms with Crippen LogP contribution in [0.1, 0.15) is 37.7 Å². The number of pyridine rings is 1. The Hall–Kier alpha value is -0.980. The van der Waals surface area contributed by atoms with Crippen molar-refractivity contribution in [2.75, 3.05) is 26.8 Å². The fourth-order valence-corrected chi connectivity index (χ4v) is 4.06. The number of aromatic nitrogens is 1. The maximum absolute atomic E-state index is 11.6. The van der Waals surface area contributed by atoms with Crippen LogP contribution < -0.4 is 5.32 Å². The summed E-state index contributed by atoms with van der Waals surface area (Å²) < 4.78 is 11.6. The molecule has 23 heavy (non-hydrogen) atoms. The first-order chi connectivity index (χ1) is 11.1. The minimum absolute atomic E-state index is 0.0161. The molecule has 0 atom stereocenters. The molecule has 2 heterocycles. The molecule has 2 fully saturated rings. The number of hydrogen-bond donors (Lipinski definition) is 1. The number of nitrogens with one attached hydrogen (secondary N) is 1. The summed E-state index contributed by atoms with van der Waals surface area (Å²) >= 11 is 3.37. The average molecular weight is 383 g/mol. The minimum Gasteiger partial charge on any atom is -0.467 e. The third-order valence-corrected chi connectivity index (χ3v) is 5.87. The summed E-state index contributed by atoms with van der Waals surface area (Å²) in [5.41, 5.74) is 1.02. The monoisotopic (exact) mass is 382 g/mol. The number of carbonyl (C=O) groups is 1. The fraction of sp³-hybridized carbons (Fsp3) is 0.647. The van der Waals surface area contributed by atoms with Crippen LogP contribution in [0.5, 0.6) is 0 Å². The van der Waals surface area contributed by atoms with E-state index >= 15 is 0 Å². The maximum Gasteiger partial charge on any atom is 0.331 e. The highest BCUT2D eigenvalue weighted by atomic mass is 79.9. The smallest absolute Gasteiger partial charge is 0.331 e. The van der Waals surface area contributed by atoms with Crippen molar-refractivity contribution in [1.29, 1.82) is 0 Å². The largest absolute Gasteiger partial charge is 0.467 e. The molecule has 1 saturated carbocycles. The van der Waals surface area contributed by atoms with E-state index in [2.05, 4.69) is 26.2 Å². The van der Waals surface area contributed by atoms with Gasteiger partial charge < -0.3 is 14.8 Å². The molecule has 0 bridgehead atoms. The zero-order chi connectivity index (χ0) is 16.3. The van der Waals surface area contributed by atoms with Gasteiger partial charge in [0.1, 0.15) is 11.2 Å². The highest BCUT2D eigenvalue weighted by molar-refractivity contribution is 9.10. The number of halogens is 1. The van der Waals surface area contributed by atoms with Crippen molar-refractivity contribution in [3.63, 3.8) is 0 Å². The Morgan fingerprint density at radius 2 is 2.09 bits per heavy atom. The molecule has 1 aliphatic carbocycles. The van der Waals surface area contributed by atoms with Gasteiger partial charge >= 0.3 is 5.97 Å². The lowest BCUT2D eigenvalue weighted by atomic mass is 9.66. The molecule has 5 nitrogen and oxygen atoms in total. The molecule has 6 heteroatoms. The Kier molecular flexibility index (Phi) is 5.04. The van der Waals surface area contributed by atoms with Crippen LogP contribution in [0.3, 0.4) is 0 Å². The quantitative estimate of drug-likeness (QED) is 0.640. The molecule has 0 unspecified atom stereocenters. The minimum atomic E-state index is -0.435. The van der Waals surface area contributed by atoms with Crippen LogP contribution in [0.15, 0.2) is 22.9 Å². The third kappa shape index (κ3) is 3.59. The van der Waals surface area contributed by atoms with E-state index in [-0.39, 0.29) is 12.6 Å². The van der Waals surface area contributed by atoms with Crippen LogP contribution in [0, 0.1) is 5.41 Å². The van der Waals surface area contributed by atoms with E-state index in [1.807, 2.05) is 18.3 Å². The van der Waals surface area contributed by atoms with Crippen LogP contribution in [-0.4, -0.2) is 37.8 Å². The molecule has 1 saturated heterocycles. The third-order valence-electron chi connectivity index (χ3n) is 5.40. The number of carbonyl (C=O) groups excluding carboxylic acids is 1. The summed E-state index contributed by atoms with van der Waals surface area (Å²) in [6.07, 6.45) is 7.13. The van der Waals surface area contributed by atoms with Gasteiger partial charge in [-0.25, -0.2) is 9.78 Å². The summed E-state index contributed by atoms with van der Waals surface area (Å²) in [5.74, 6) is -0.336. The summed E-state index contributed by atoms with van der Waals surface area (Å²) in [5, 5.41) is 3.48. The van der Waals surface area contributed by atoms with Crippen molar-refractivity contribution in [3.05, 3.63) is 28.5 Å². The molecule has 3 rings (SSSR count). The zero-order valence-corrected chi connectivity index (χ0v) is 15.0. The van der Waals surface area contributed by atoms with Gasteiger partial charge in [-0.2, -0.15) is 0 Å². The van der Waals surface area contributed by atoms with Gasteiger partial charge in [0.05, 0.1) is 12.7 Å². The predicted molar refractivity (Wildman–Crippen MR) is 90.0 cm³/mol. The SMILES string of the molecule is COC(=O)COC1(c2ccc(Br)nc2)CCC2(CCNC2)CC1. The zero-order valence-electron chi connectivity index (χ0n) is 13.4. The normalized spacial score (nSPS) is 30.5. The lowest BCUT2D eigenvalue weighted by Gasteiger charge is -2.44. The Balaban J connectivity index is 1.79. The number of rotatable bonds is 4. The first-order valence-electron chi connectivity index (χ1n) is 8.11. The molecule has 1 N–H and O–H groups in total. The van der Waals surface area contributed by atoms with E-state index in [1.165, 1.54) is 13.5 Å². The van der Waals surface area contributed by atoms with Crippen LogP contribution in [0.25, 0.3) is 0 Å². The van der Waals surface area contributed by atoms with Gasteiger partial charge in [0.15, 0.2) is 0 Å². The molecule has 1 aromatic rings. The van der Waals surface area contributed by atoms with Gasteiger partial charge in [-0.3, -0.25) is 0 Å². The van der Waals surface area contributed by atoms with E-state index in [0.29, 0.717) is 5.41 Å². The first-order valence-corrected chi connectivity index (χ1v) is 8.90. The van der Waals surface area contributed by atoms with Gasteiger partial charge in [0.25, 0.3) is 0 Å². The van der Waals surface area contributed by atoms with E-state index < -0.39 is 5.60 Å². The Bertz CT molecular complexity index is 545. The van der Waals surface area contributed by atoms with Crippen LogP contribution in [-0.2, 0) is 19.9 Å². The fourth-order valence-electron chi connectivity index (χ4n) is 3.82. The number of methoxy groups -OCH3 is 1. The molecule has 1 aliphatic heterocycles. The average Bonchev–Trinajstić information content (AvgIpc) is 3.04. The topological polar surface area (TPSA) is 60.5 Å². The van der Waals surface area contributed by atoms with Crippen molar-refractivity contribution in [2.24, 2.45) is 5.41 Å². The second-order valence-corrected chi connectivity index (χ2v) is 7.47. The van der Waals surface area contributed by atoms with E-state index in [4.69, 9.17) is 9.47 Å². The van der Waals surface area contributed by atoms with Crippen LogP contribution in [0.4, 0.5) is 0 Å². The second-order valence-electron chi connectivity index (χ2n) is 6.66. The second kappa shape index (κ2) is 6.87. The van der Waals surface area contributed by atoms with Crippen LogP contribution >= 0.6 is 15.9 Å². The number of nitrogens with zero attached hydrogens (tertiary/aromatic N) is 1. The Morgan fingerprint density at radius 1 is 1.30 bits per heavy atom. The van der Waals surface area contributed by atoms with Crippen molar-refractivity contribution < 1.29 is 14.3 Å². The van der Waals surface area contributed by atoms with E-state index in [1.54, 1.807) is 0 Å². The lowest BCUT2D eigenvalue weighted by Crippen LogP contribution is -2.41. The van der Waals surface area contributed by atoms with Gasteiger partial charge in [-0.05, 0) is 66.1 Å². The summed E-state index contributed by atoms with van der Waals surface area (Å²) in [7, 11) is 1.39. The first kappa shape index (κ1) is 16.9. The number of ether oxygens (including phenoxy) is 2. The van der Waals surface area contributed by atoms with E-state index in [0.717, 1.165) is 48.9 Å². The molecular formula is C17H23BrN2O3. The highest BCUT2D eigenvalue weighted by Crippen LogP contribution is 2.50. The van der Waals surface area contributed by atoms with Crippen molar-refractivity contribution in [3.8, 4) is 0 Å². The molecule has 0 radical (unpaired) electrons.